The topological polar surface area (TPSA) is 238 Å². The van der Waals surface area contributed by atoms with Crippen molar-refractivity contribution in [3.63, 3.8) is 0 Å². The molecule has 3 aromatic carbocycles. The molecule has 9 heterocycles. The number of imidazole rings is 2. The summed E-state index contributed by atoms with van der Waals surface area (Å²) in [4.78, 5) is 53.3. The Labute approximate surface area is 563 Å². The average Bonchev–Trinajstić information content (AvgIpc) is 1.79. The van der Waals surface area contributed by atoms with Crippen molar-refractivity contribution in [2.45, 2.75) is 55.5 Å². The molecule has 93 heavy (non-hydrogen) atoms. The molecule has 6 N–H and O–H groups in total. The standard InChI is InChI=1S/3C20H21ClFN5O2S2/c1-26-10-16(23-11-26)19-7-6-18(30-19)15-9-17(27(2)31(3,29)25-15)20(28)24-12-4-5-14(22)13(21)8-12;1-26-11-23-10-17(26)19-7-6-18(30-19)15-9-16(27(2)31(3,29)25-15)20(28)24-12-4-5-14(22)13(21)8-12;1-26-9-8-15(24-26)18-6-7-19(30-18)16-11-17(27(2)31(3,29)25-16)20(28)23-12-4-5-14(22)13(21)10-12/h4-8,10-11,15,17H,3,9H2,1-2H3,(H,24,28)(H,25,29);4-8,10-11,15-16H,3,9H2,1-2H3,(H,24,28)(H,25,29);4-10,16-17H,3,11H2,1-2H3,(H,23,28)(H,25,29). The summed E-state index contributed by atoms with van der Waals surface area (Å²) < 4.78 is 98.6. The fourth-order valence-corrected chi connectivity index (χ4v) is 18.5. The number of carbonyl (C=O) groups excluding carboxylic acids is 3. The minimum absolute atomic E-state index is 0.0865. The van der Waals surface area contributed by atoms with Crippen LogP contribution in [0.3, 0.4) is 0 Å². The van der Waals surface area contributed by atoms with Gasteiger partial charge >= 0.3 is 0 Å². The summed E-state index contributed by atoms with van der Waals surface area (Å²) in [5.74, 6) is 8.60. The Hall–Kier alpha value is -6.72. The number of amides is 3. The highest BCUT2D eigenvalue weighted by molar-refractivity contribution is 7.97. The van der Waals surface area contributed by atoms with Gasteiger partial charge < -0.3 is 25.1 Å². The zero-order chi connectivity index (χ0) is 67.0. The van der Waals surface area contributed by atoms with E-state index in [1.165, 1.54) is 90.2 Å². The molecule has 12 rings (SSSR count). The van der Waals surface area contributed by atoms with Crippen LogP contribution in [0.2, 0.25) is 15.1 Å². The molecule has 33 heteroatoms. The van der Waals surface area contributed by atoms with Gasteiger partial charge in [0, 0.05) is 86.4 Å². The van der Waals surface area contributed by atoms with Crippen LogP contribution in [0, 0.1) is 17.5 Å². The molecule has 9 atom stereocenters. The van der Waals surface area contributed by atoms with E-state index in [1.807, 2.05) is 85.1 Å². The van der Waals surface area contributed by atoms with Crippen molar-refractivity contribution in [2.24, 2.45) is 21.1 Å². The number of rotatable bonds is 12. The summed E-state index contributed by atoms with van der Waals surface area (Å²) in [6, 6.07) is 22.5. The maximum absolute atomic E-state index is 13.4. The second kappa shape index (κ2) is 28.3. The lowest BCUT2D eigenvalue weighted by atomic mass is 10.1. The van der Waals surface area contributed by atoms with E-state index >= 15 is 0 Å². The lowest BCUT2D eigenvalue weighted by Crippen LogP contribution is -2.55. The van der Waals surface area contributed by atoms with Crippen LogP contribution in [0.4, 0.5) is 30.2 Å². The van der Waals surface area contributed by atoms with Gasteiger partial charge in [-0.3, -0.25) is 19.1 Å². The van der Waals surface area contributed by atoms with Crippen LogP contribution < -0.4 is 30.1 Å². The van der Waals surface area contributed by atoms with Gasteiger partial charge in [-0.15, -0.1) is 34.0 Å². The molecule has 492 valence electrons. The largest absolute Gasteiger partial charge is 0.340 e. The van der Waals surface area contributed by atoms with Gasteiger partial charge in [-0.1, -0.05) is 34.8 Å². The zero-order valence-electron chi connectivity index (χ0n) is 50.5. The molecule has 3 saturated heterocycles. The Balaban J connectivity index is 0.000000153. The minimum Gasteiger partial charge on any atom is -0.340 e. The Morgan fingerprint density at radius 3 is 1.25 bits per heavy atom. The first-order valence-corrected chi connectivity index (χ1v) is 36.7. The van der Waals surface area contributed by atoms with E-state index in [1.54, 1.807) is 56.0 Å². The van der Waals surface area contributed by atoms with Gasteiger partial charge in [-0.2, -0.15) is 5.10 Å². The maximum atomic E-state index is 13.4. The van der Waals surface area contributed by atoms with Crippen molar-refractivity contribution in [3.05, 3.63) is 175 Å². The first-order valence-electron chi connectivity index (χ1n) is 28.1. The number of hydrogen-bond donors (Lipinski definition) is 6. The van der Waals surface area contributed by atoms with Gasteiger partial charge in [0.2, 0.25) is 17.7 Å². The number of aryl methyl sites for hydroxylation is 3. The van der Waals surface area contributed by atoms with E-state index in [9.17, 15) is 40.2 Å². The van der Waals surface area contributed by atoms with Crippen molar-refractivity contribution in [1.82, 2.24) is 56.0 Å². The Bertz CT molecular complexity index is 4440. The second-order valence-electron chi connectivity index (χ2n) is 22.0. The number of thiophene rings is 3. The van der Waals surface area contributed by atoms with Crippen molar-refractivity contribution >= 4 is 151 Å². The van der Waals surface area contributed by atoms with Crippen LogP contribution in [-0.2, 0) is 65.2 Å². The third-order valence-corrected chi connectivity index (χ3v) is 25.5. The fraction of sp³-hybridized carbons (Fsp3) is 0.250. The Morgan fingerprint density at radius 2 is 0.914 bits per heavy atom. The van der Waals surface area contributed by atoms with E-state index in [0.717, 1.165) is 46.3 Å². The van der Waals surface area contributed by atoms with Gasteiger partial charge in [-0.05, 0) is 134 Å². The highest BCUT2D eigenvalue weighted by atomic mass is 35.5. The van der Waals surface area contributed by atoms with Gasteiger partial charge in [0.25, 0.3) is 0 Å². The molecule has 0 radical (unpaired) electrons. The summed E-state index contributed by atoms with van der Waals surface area (Å²) >= 11 is 22.0. The third kappa shape index (κ3) is 16.0. The number of carbonyl (C=O) groups is 3. The molecule has 0 saturated carbocycles. The quantitative estimate of drug-likeness (QED) is 0.0637. The molecule has 9 aromatic rings. The lowest BCUT2D eigenvalue weighted by Gasteiger charge is -2.39. The molecule has 3 aliphatic rings. The first kappa shape index (κ1) is 69.1. The molecule has 0 spiro atoms. The minimum atomic E-state index is -2.89. The number of benzene rings is 3. The molecule has 21 nitrogen and oxygen atoms in total. The lowest BCUT2D eigenvalue weighted by molar-refractivity contribution is -0.120. The van der Waals surface area contributed by atoms with Crippen LogP contribution in [0.25, 0.3) is 31.7 Å². The van der Waals surface area contributed by atoms with E-state index in [4.69, 9.17) is 34.8 Å². The number of anilines is 3. The van der Waals surface area contributed by atoms with E-state index in [2.05, 4.69) is 62.8 Å². The zero-order valence-corrected chi connectivity index (χ0v) is 57.7. The summed E-state index contributed by atoms with van der Waals surface area (Å²) in [6.45, 7) is 0. The predicted octanol–water partition coefficient (Wildman–Crippen LogP) is 10.4. The first-order chi connectivity index (χ1) is 43.9. The van der Waals surface area contributed by atoms with Crippen LogP contribution in [0.5, 0.6) is 0 Å². The summed E-state index contributed by atoms with van der Waals surface area (Å²) in [5, 5.41) is 12.3. The van der Waals surface area contributed by atoms with Crippen molar-refractivity contribution in [3.8, 4) is 31.7 Å². The van der Waals surface area contributed by atoms with Crippen molar-refractivity contribution < 1.29 is 40.2 Å². The molecule has 6 aromatic heterocycles. The summed E-state index contributed by atoms with van der Waals surface area (Å²) in [7, 11) is 1.78. The average molecular weight is 1450 g/mol. The maximum Gasteiger partial charge on any atom is 0.242 e. The number of nitrogens with zero attached hydrogens (tertiary/aromatic N) is 9. The van der Waals surface area contributed by atoms with Crippen LogP contribution in [0.1, 0.15) is 52.0 Å². The third-order valence-electron chi connectivity index (χ3n) is 15.4. The second-order valence-corrected chi connectivity index (χ2v) is 32.8. The van der Waals surface area contributed by atoms with Gasteiger partial charge in [-0.25, -0.2) is 62.8 Å². The van der Waals surface area contributed by atoms with Gasteiger partial charge in [0.05, 0.1) is 108 Å². The molecule has 0 aliphatic carbocycles. The number of aromatic nitrogens is 6. The molecule has 3 amide bonds. The highest BCUT2D eigenvalue weighted by Gasteiger charge is 2.41. The molecule has 9 unspecified atom stereocenters. The fourth-order valence-electron chi connectivity index (χ4n) is 10.2. The number of halogens is 6. The molecular formula is C60H63Cl3F3N15O6S6. The van der Waals surface area contributed by atoms with E-state index in [-0.39, 0.29) is 50.9 Å². The molecule has 0 bridgehead atoms. The normalized spacial score (nSPS) is 24.3. The number of hydrogen-bond acceptors (Lipinski definition) is 12. The van der Waals surface area contributed by atoms with Gasteiger partial charge in [0.1, 0.15) is 41.3 Å². The number of nitrogens with one attached hydrogen (secondary N) is 6. The van der Waals surface area contributed by atoms with Crippen molar-refractivity contribution in [2.75, 3.05) is 37.1 Å². The van der Waals surface area contributed by atoms with E-state index in [0.29, 0.717) is 36.3 Å². The molecule has 3 fully saturated rings. The van der Waals surface area contributed by atoms with Crippen LogP contribution >= 0.6 is 68.8 Å². The SMILES string of the molecule is C=S1(=O)NC(c2ccc(-c3ccn(C)n3)s2)CC(C(=O)Nc2ccc(F)c(Cl)c2)N1C.C=S1(=O)NC(c2ccc(-c3cn(C)cn3)s2)CC(C(=O)Nc2ccc(F)c(Cl)c2)N1C.C=S1(=O)NC(c2ccc(-c3cncn3C)s2)CC(C(=O)Nc2ccc(F)c(Cl)c2)N1C. The van der Waals surface area contributed by atoms with Crippen LogP contribution in [0.15, 0.2) is 128 Å². The van der Waals surface area contributed by atoms with Crippen LogP contribution in [-0.4, -0.2) is 129 Å². The highest BCUT2D eigenvalue weighted by Crippen LogP contribution is 2.40. The van der Waals surface area contributed by atoms with Gasteiger partial charge in [0.15, 0.2) is 0 Å². The Morgan fingerprint density at radius 1 is 0.538 bits per heavy atom. The number of likely N-dealkylation sites (N-methyl/N-ethyl adjacent to an activating group) is 3. The summed E-state index contributed by atoms with van der Waals surface area (Å²) in [5.41, 5.74) is 3.77. The molecular weight excluding hydrogens is 1380 g/mol. The monoisotopic (exact) mass is 1440 g/mol. The smallest absolute Gasteiger partial charge is 0.242 e. The summed E-state index contributed by atoms with van der Waals surface area (Å²) in [6.07, 6.45) is 10.2. The predicted molar refractivity (Wildman–Crippen MR) is 372 cm³/mol. The Kier molecular flexibility index (Phi) is 21.0. The van der Waals surface area contributed by atoms with E-state index < -0.39 is 65.3 Å². The molecule has 3 aliphatic heterocycles. The van der Waals surface area contributed by atoms with Crippen molar-refractivity contribution in [1.29, 1.82) is 0 Å².